The largest absolute Gasteiger partial charge is 0.464 e. The van der Waals surface area contributed by atoms with Gasteiger partial charge in [0.05, 0.1) is 11.7 Å². The van der Waals surface area contributed by atoms with Gasteiger partial charge in [-0.2, -0.15) is 0 Å². The van der Waals surface area contributed by atoms with E-state index in [9.17, 15) is 0 Å². The van der Waals surface area contributed by atoms with Crippen LogP contribution in [0, 0.1) is 13.8 Å². The molecule has 6 heteroatoms. The van der Waals surface area contributed by atoms with E-state index in [0.717, 1.165) is 41.8 Å². The number of nitrogens with one attached hydrogen (secondary N) is 2. The Kier molecular flexibility index (Phi) is 5.61. The Morgan fingerprint density at radius 1 is 1.31 bits per heavy atom. The lowest BCUT2D eigenvalue weighted by Gasteiger charge is -2.16. The van der Waals surface area contributed by atoms with E-state index in [0.29, 0.717) is 6.54 Å². The van der Waals surface area contributed by atoms with Gasteiger partial charge in [0, 0.05) is 31.9 Å². The zero-order valence-corrected chi connectivity index (χ0v) is 15.9. The molecule has 0 saturated carbocycles. The zero-order valence-electron chi connectivity index (χ0n) is 15.9. The van der Waals surface area contributed by atoms with Gasteiger partial charge in [-0.15, -0.1) is 0 Å². The summed E-state index contributed by atoms with van der Waals surface area (Å²) in [7, 11) is 0. The summed E-state index contributed by atoms with van der Waals surface area (Å²) in [5, 5.41) is 6.67. The van der Waals surface area contributed by atoms with Gasteiger partial charge in [-0.3, -0.25) is 4.99 Å². The highest BCUT2D eigenvalue weighted by Gasteiger charge is 2.11. The molecule has 0 radical (unpaired) electrons. The van der Waals surface area contributed by atoms with Crippen molar-refractivity contribution in [1.29, 1.82) is 0 Å². The molecule has 3 aromatic heterocycles. The lowest BCUT2D eigenvalue weighted by atomic mass is 10.2. The summed E-state index contributed by atoms with van der Waals surface area (Å²) in [5.74, 6) is 2.61. The first-order valence-electron chi connectivity index (χ1n) is 9.11. The molecule has 1 atom stereocenters. The van der Waals surface area contributed by atoms with E-state index in [-0.39, 0.29) is 6.04 Å². The van der Waals surface area contributed by atoms with Gasteiger partial charge < -0.3 is 19.5 Å². The lowest BCUT2D eigenvalue weighted by molar-refractivity contribution is 0.441. The first kappa shape index (κ1) is 18.0. The highest BCUT2D eigenvalue weighted by molar-refractivity contribution is 5.80. The number of guanidine groups is 1. The van der Waals surface area contributed by atoms with Crippen molar-refractivity contribution in [3.8, 4) is 0 Å². The SMILES string of the molecule is CCNC(=NCCc1cn2cccc(C)c2n1)NC(C)c1ccc(C)o1. The van der Waals surface area contributed by atoms with Gasteiger partial charge in [-0.25, -0.2) is 4.98 Å². The fraction of sp³-hybridized carbons (Fsp3) is 0.400. The van der Waals surface area contributed by atoms with E-state index in [4.69, 9.17) is 9.40 Å². The van der Waals surface area contributed by atoms with Gasteiger partial charge in [0.2, 0.25) is 0 Å². The molecule has 3 rings (SSSR count). The molecule has 0 saturated heterocycles. The van der Waals surface area contributed by atoms with E-state index < -0.39 is 0 Å². The molecule has 26 heavy (non-hydrogen) atoms. The van der Waals surface area contributed by atoms with Crippen LogP contribution in [-0.4, -0.2) is 28.4 Å². The maximum atomic E-state index is 5.68. The Hall–Kier alpha value is -2.76. The van der Waals surface area contributed by atoms with Gasteiger partial charge >= 0.3 is 0 Å². The standard InChI is InChI=1S/C20H27N5O/c1-5-21-20(23-16(4)18-9-8-15(3)26-18)22-11-10-17-13-25-12-6-7-14(2)19(25)24-17/h6-9,12-13,16H,5,10-11H2,1-4H3,(H2,21,22,23). The Morgan fingerprint density at radius 3 is 2.85 bits per heavy atom. The van der Waals surface area contributed by atoms with Crippen LogP contribution in [0.1, 0.15) is 42.7 Å². The third kappa shape index (κ3) is 4.25. The molecule has 0 aliphatic heterocycles. The smallest absolute Gasteiger partial charge is 0.191 e. The van der Waals surface area contributed by atoms with Crippen molar-refractivity contribution in [1.82, 2.24) is 20.0 Å². The second kappa shape index (κ2) is 8.08. The number of hydrogen-bond donors (Lipinski definition) is 2. The first-order chi connectivity index (χ1) is 12.6. The second-order valence-corrected chi connectivity index (χ2v) is 6.48. The van der Waals surface area contributed by atoms with Crippen LogP contribution >= 0.6 is 0 Å². The van der Waals surface area contributed by atoms with Crippen LogP contribution in [0.2, 0.25) is 0 Å². The van der Waals surface area contributed by atoms with Gasteiger partial charge in [0.25, 0.3) is 0 Å². The van der Waals surface area contributed by atoms with E-state index in [1.54, 1.807) is 0 Å². The maximum absolute atomic E-state index is 5.68. The average Bonchev–Trinajstić information content (AvgIpc) is 3.22. The number of nitrogens with zero attached hydrogens (tertiary/aromatic N) is 3. The van der Waals surface area contributed by atoms with Crippen molar-refractivity contribution < 1.29 is 4.42 Å². The van der Waals surface area contributed by atoms with Gasteiger partial charge in [0.1, 0.15) is 17.2 Å². The number of furan rings is 1. The number of fused-ring (bicyclic) bond motifs is 1. The van der Waals surface area contributed by atoms with Crippen LogP contribution in [0.5, 0.6) is 0 Å². The summed E-state index contributed by atoms with van der Waals surface area (Å²) in [6.45, 7) is 9.63. The molecule has 2 N–H and O–H groups in total. The summed E-state index contributed by atoms with van der Waals surface area (Å²) in [6.07, 6.45) is 4.90. The Bertz CT molecular complexity index is 893. The van der Waals surface area contributed by atoms with Crippen molar-refractivity contribution in [2.75, 3.05) is 13.1 Å². The highest BCUT2D eigenvalue weighted by Crippen LogP contribution is 2.15. The molecule has 3 heterocycles. The number of aryl methyl sites for hydroxylation is 2. The second-order valence-electron chi connectivity index (χ2n) is 6.48. The van der Waals surface area contributed by atoms with Crippen LogP contribution in [0.15, 0.2) is 46.1 Å². The molecule has 0 bridgehead atoms. The number of aromatic nitrogens is 2. The minimum atomic E-state index is 0.0549. The molecule has 1 unspecified atom stereocenters. The third-order valence-corrected chi connectivity index (χ3v) is 4.25. The molecule has 138 valence electrons. The van der Waals surface area contributed by atoms with E-state index in [2.05, 4.69) is 53.1 Å². The number of rotatable bonds is 6. The van der Waals surface area contributed by atoms with Crippen molar-refractivity contribution in [3.63, 3.8) is 0 Å². The summed E-state index contributed by atoms with van der Waals surface area (Å²) in [4.78, 5) is 9.38. The predicted octanol–water partition coefficient (Wildman–Crippen LogP) is 3.40. The molecule has 0 amide bonds. The number of hydrogen-bond acceptors (Lipinski definition) is 3. The molecule has 0 fully saturated rings. The molecule has 0 spiro atoms. The highest BCUT2D eigenvalue weighted by atomic mass is 16.3. The number of imidazole rings is 1. The topological polar surface area (TPSA) is 66.9 Å². The Labute approximate surface area is 154 Å². The molecule has 6 nitrogen and oxygen atoms in total. The molecule has 3 aromatic rings. The normalized spacial score (nSPS) is 13.2. The molecular weight excluding hydrogens is 326 g/mol. The molecule has 0 aromatic carbocycles. The summed E-state index contributed by atoms with van der Waals surface area (Å²) >= 11 is 0. The fourth-order valence-corrected chi connectivity index (χ4v) is 2.89. The first-order valence-corrected chi connectivity index (χ1v) is 9.11. The summed E-state index contributed by atoms with van der Waals surface area (Å²) in [6, 6.07) is 8.14. The van der Waals surface area contributed by atoms with Crippen molar-refractivity contribution in [2.45, 2.75) is 40.2 Å². The predicted molar refractivity (Wildman–Crippen MR) is 105 cm³/mol. The van der Waals surface area contributed by atoms with Crippen LogP contribution < -0.4 is 10.6 Å². The van der Waals surface area contributed by atoms with Gasteiger partial charge in [0.15, 0.2) is 5.96 Å². The number of aliphatic imine (C=N–C) groups is 1. The van der Waals surface area contributed by atoms with Crippen molar-refractivity contribution in [3.05, 3.63) is 59.4 Å². The number of pyridine rings is 1. The maximum Gasteiger partial charge on any atom is 0.191 e. The summed E-state index contributed by atoms with van der Waals surface area (Å²) < 4.78 is 7.75. The molecule has 0 aliphatic rings. The molecular formula is C20H27N5O. The van der Waals surface area contributed by atoms with Crippen LogP contribution in [0.3, 0.4) is 0 Å². The van der Waals surface area contributed by atoms with Crippen LogP contribution in [0.25, 0.3) is 5.65 Å². The van der Waals surface area contributed by atoms with E-state index >= 15 is 0 Å². The van der Waals surface area contributed by atoms with Gasteiger partial charge in [-0.1, -0.05) is 6.07 Å². The van der Waals surface area contributed by atoms with Crippen LogP contribution in [-0.2, 0) is 6.42 Å². The monoisotopic (exact) mass is 353 g/mol. The lowest BCUT2D eigenvalue weighted by Crippen LogP contribution is -2.38. The molecule has 0 aliphatic carbocycles. The van der Waals surface area contributed by atoms with Crippen LogP contribution in [0.4, 0.5) is 0 Å². The minimum absolute atomic E-state index is 0.0549. The summed E-state index contributed by atoms with van der Waals surface area (Å²) in [5.41, 5.74) is 3.24. The Balaban J connectivity index is 1.63. The zero-order chi connectivity index (χ0) is 18.5. The third-order valence-electron chi connectivity index (χ3n) is 4.25. The average molecular weight is 353 g/mol. The van der Waals surface area contributed by atoms with E-state index in [1.165, 1.54) is 5.56 Å². The quantitative estimate of drug-likeness (QED) is 0.526. The fourth-order valence-electron chi connectivity index (χ4n) is 2.89. The van der Waals surface area contributed by atoms with E-state index in [1.807, 2.05) is 31.3 Å². The minimum Gasteiger partial charge on any atom is -0.464 e. The van der Waals surface area contributed by atoms with Crippen molar-refractivity contribution in [2.24, 2.45) is 4.99 Å². The Morgan fingerprint density at radius 2 is 2.15 bits per heavy atom. The van der Waals surface area contributed by atoms with Crippen molar-refractivity contribution >= 4 is 11.6 Å². The van der Waals surface area contributed by atoms with Gasteiger partial charge in [-0.05, 0) is 51.5 Å².